The SMILES string of the molecule is O=C(O)CNC(=O)CNC(=O)C[n+]1ccc(-c2ncccn2)cn1. The van der Waals surface area contributed by atoms with Gasteiger partial charge in [0.25, 0.3) is 12.5 Å². The van der Waals surface area contributed by atoms with Crippen LogP contribution in [-0.2, 0) is 20.9 Å². The molecule has 0 saturated heterocycles. The van der Waals surface area contributed by atoms with Gasteiger partial charge in [-0.1, -0.05) is 4.68 Å². The quantitative estimate of drug-likeness (QED) is 0.506. The normalized spacial score (nSPS) is 10.0. The molecule has 124 valence electrons. The average molecular weight is 331 g/mol. The first-order valence-electron chi connectivity index (χ1n) is 6.93. The van der Waals surface area contributed by atoms with Gasteiger partial charge in [0.05, 0.1) is 6.54 Å². The van der Waals surface area contributed by atoms with Crippen LogP contribution in [0.15, 0.2) is 36.9 Å². The number of nitrogens with one attached hydrogen (secondary N) is 2. The minimum absolute atomic E-state index is 0.0812. The van der Waals surface area contributed by atoms with Gasteiger partial charge in [0.2, 0.25) is 5.91 Å². The Bertz CT molecular complexity index is 720. The Morgan fingerprint density at radius 3 is 2.42 bits per heavy atom. The van der Waals surface area contributed by atoms with E-state index in [0.29, 0.717) is 11.4 Å². The molecule has 0 aromatic carbocycles. The van der Waals surface area contributed by atoms with E-state index in [1.54, 1.807) is 30.7 Å². The fourth-order valence-electron chi connectivity index (χ4n) is 1.68. The van der Waals surface area contributed by atoms with E-state index < -0.39 is 24.3 Å². The number of carbonyl (C=O) groups excluding carboxylic acids is 2. The highest BCUT2D eigenvalue weighted by molar-refractivity contribution is 5.86. The van der Waals surface area contributed by atoms with E-state index in [1.807, 2.05) is 0 Å². The minimum atomic E-state index is -1.16. The van der Waals surface area contributed by atoms with Crippen molar-refractivity contribution in [2.75, 3.05) is 13.1 Å². The van der Waals surface area contributed by atoms with Crippen LogP contribution in [0.4, 0.5) is 0 Å². The molecule has 0 aliphatic rings. The number of hydrogen-bond donors (Lipinski definition) is 3. The molecule has 0 atom stereocenters. The highest BCUT2D eigenvalue weighted by Crippen LogP contribution is 2.08. The second kappa shape index (κ2) is 8.27. The van der Waals surface area contributed by atoms with Crippen molar-refractivity contribution in [3.8, 4) is 11.4 Å². The molecule has 0 bridgehead atoms. The summed E-state index contributed by atoms with van der Waals surface area (Å²) in [7, 11) is 0. The van der Waals surface area contributed by atoms with Crippen molar-refractivity contribution in [3.05, 3.63) is 36.9 Å². The van der Waals surface area contributed by atoms with E-state index in [-0.39, 0.29) is 13.1 Å². The first-order valence-corrected chi connectivity index (χ1v) is 6.93. The fourth-order valence-corrected chi connectivity index (χ4v) is 1.68. The largest absolute Gasteiger partial charge is 0.480 e. The van der Waals surface area contributed by atoms with Crippen LogP contribution >= 0.6 is 0 Å². The van der Waals surface area contributed by atoms with Crippen molar-refractivity contribution >= 4 is 17.8 Å². The van der Waals surface area contributed by atoms with Crippen LogP contribution in [0.1, 0.15) is 0 Å². The van der Waals surface area contributed by atoms with Crippen molar-refractivity contribution in [1.29, 1.82) is 0 Å². The first-order chi connectivity index (χ1) is 11.5. The summed E-state index contributed by atoms with van der Waals surface area (Å²) in [4.78, 5) is 41.5. The second-order valence-electron chi connectivity index (χ2n) is 4.63. The Morgan fingerprint density at radius 1 is 1.08 bits per heavy atom. The van der Waals surface area contributed by atoms with E-state index in [9.17, 15) is 14.4 Å². The van der Waals surface area contributed by atoms with E-state index in [0.717, 1.165) is 0 Å². The van der Waals surface area contributed by atoms with Gasteiger partial charge in [-0.05, 0) is 11.2 Å². The van der Waals surface area contributed by atoms with Gasteiger partial charge in [0.15, 0.2) is 12.0 Å². The molecule has 2 aromatic heterocycles. The van der Waals surface area contributed by atoms with Crippen LogP contribution in [0.5, 0.6) is 0 Å². The van der Waals surface area contributed by atoms with Crippen molar-refractivity contribution in [1.82, 2.24) is 25.7 Å². The van der Waals surface area contributed by atoms with E-state index in [2.05, 4.69) is 25.7 Å². The highest BCUT2D eigenvalue weighted by Gasteiger charge is 2.13. The van der Waals surface area contributed by atoms with Gasteiger partial charge >= 0.3 is 5.97 Å². The number of carbonyl (C=O) groups is 3. The molecule has 0 aliphatic carbocycles. The van der Waals surface area contributed by atoms with Crippen LogP contribution in [-0.4, -0.2) is 51.0 Å². The summed E-state index contributed by atoms with van der Waals surface area (Å²) < 4.78 is 1.39. The number of nitrogens with zero attached hydrogens (tertiary/aromatic N) is 4. The summed E-state index contributed by atoms with van der Waals surface area (Å²) in [6.45, 7) is -0.876. The van der Waals surface area contributed by atoms with Crippen LogP contribution in [0, 0.1) is 0 Å². The Labute approximate surface area is 136 Å². The predicted molar refractivity (Wildman–Crippen MR) is 79.1 cm³/mol. The van der Waals surface area contributed by atoms with Crippen LogP contribution < -0.4 is 15.3 Å². The van der Waals surface area contributed by atoms with Crippen molar-refractivity contribution in [2.24, 2.45) is 0 Å². The van der Waals surface area contributed by atoms with Gasteiger partial charge in [0.1, 0.15) is 12.7 Å². The summed E-state index contributed by atoms with van der Waals surface area (Å²) >= 11 is 0. The zero-order chi connectivity index (χ0) is 17.4. The molecule has 2 amide bonds. The molecule has 2 rings (SSSR count). The molecule has 2 heterocycles. The molecule has 3 N–H and O–H groups in total. The molecule has 0 spiro atoms. The van der Waals surface area contributed by atoms with Crippen LogP contribution in [0.2, 0.25) is 0 Å². The Balaban J connectivity index is 1.82. The van der Waals surface area contributed by atoms with Gasteiger partial charge in [-0.3, -0.25) is 14.4 Å². The zero-order valence-corrected chi connectivity index (χ0v) is 12.5. The summed E-state index contributed by atoms with van der Waals surface area (Å²) in [5, 5.41) is 17.0. The second-order valence-corrected chi connectivity index (χ2v) is 4.63. The lowest BCUT2D eigenvalue weighted by Crippen LogP contribution is -2.47. The molecule has 0 saturated carbocycles. The molecule has 0 unspecified atom stereocenters. The zero-order valence-electron chi connectivity index (χ0n) is 12.5. The minimum Gasteiger partial charge on any atom is -0.480 e. The topological polar surface area (TPSA) is 138 Å². The number of hydrogen-bond acceptors (Lipinski definition) is 6. The lowest BCUT2D eigenvalue weighted by molar-refractivity contribution is -0.742. The monoisotopic (exact) mass is 331 g/mol. The van der Waals surface area contributed by atoms with Crippen molar-refractivity contribution in [3.63, 3.8) is 0 Å². The Kier molecular flexibility index (Phi) is 5.83. The molecule has 2 aromatic rings. The maximum Gasteiger partial charge on any atom is 0.322 e. The lowest BCUT2D eigenvalue weighted by Gasteiger charge is -2.03. The summed E-state index contributed by atoms with van der Waals surface area (Å²) in [6, 6.07) is 3.42. The van der Waals surface area contributed by atoms with E-state index >= 15 is 0 Å². The molecular formula is C14H15N6O4+. The highest BCUT2D eigenvalue weighted by atomic mass is 16.4. The van der Waals surface area contributed by atoms with Crippen molar-refractivity contribution < 1.29 is 24.2 Å². The van der Waals surface area contributed by atoms with Gasteiger partial charge in [0, 0.05) is 24.0 Å². The number of carboxylic acids is 1. The average Bonchev–Trinajstić information content (AvgIpc) is 2.59. The fraction of sp³-hybridized carbons (Fsp3) is 0.214. The molecular weight excluding hydrogens is 316 g/mol. The van der Waals surface area contributed by atoms with E-state index in [4.69, 9.17) is 5.11 Å². The Morgan fingerprint density at radius 2 is 1.79 bits per heavy atom. The maximum absolute atomic E-state index is 11.7. The Hall–Kier alpha value is -3.43. The third-order valence-corrected chi connectivity index (χ3v) is 2.78. The van der Waals surface area contributed by atoms with Crippen LogP contribution in [0.3, 0.4) is 0 Å². The van der Waals surface area contributed by atoms with Gasteiger partial charge in [-0.2, -0.15) is 0 Å². The maximum atomic E-state index is 11.7. The van der Waals surface area contributed by atoms with Gasteiger partial charge in [-0.25, -0.2) is 9.97 Å². The predicted octanol–water partition coefficient (Wildman–Crippen LogP) is -1.86. The molecule has 24 heavy (non-hydrogen) atoms. The van der Waals surface area contributed by atoms with Crippen LogP contribution in [0.25, 0.3) is 11.4 Å². The third-order valence-electron chi connectivity index (χ3n) is 2.78. The number of amides is 2. The number of rotatable bonds is 7. The molecule has 0 fully saturated rings. The molecule has 10 nitrogen and oxygen atoms in total. The summed E-state index contributed by atoms with van der Waals surface area (Å²) in [6.07, 6.45) is 6.36. The lowest BCUT2D eigenvalue weighted by atomic mass is 10.3. The summed E-state index contributed by atoms with van der Waals surface area (Å²) in [5.41, 5.74) is 0.709. The smallest absolute Gasteiger partial charge is 0.322 e. The van der Waals surface area contributed by atoms with Crippen molar-refractivity contribution in [2.45, 2.75) is 6.54 Å². The number of carboxylic acid groups (broad SMARTS) is 1. The van der Waals surface area contributed by atoms with Gasteiger partial charge in [-0.15, -0.1) is 0 Å². The van der Waals surface area contributed by atoms with E-state index in [1.165, 1.54) is 10.9 Å². The third kappa shape index (κ3) is 5.40. The number of aromatic nitrogens is 4. The first kappa shape index (κ1) is 16.9. The molecule has 0 aliphatic heterocycles. The summed E-state index contributed by atoms with van der Waals surface area (Å²) in [5.74, 6) is -1.64. The molecule has 10 heteroatoms. The molecule has 0 radical (unpaired) electrons. The van der Waals surface area contributed by atoms with Gasteiger partial charge < -0.3 is 15.7 Å². The standard InChI is InChI=1S/C14H14N6O4/c21-11(18-8-13(23)24)7-17-12(22)9-20-5-2-10(6-19-20)14-15-3-1-4-16-14/h1-6H,7-9H2,(H2-,17,18,21,22,23,24)/p+1. The number of aliphatic carboxylic acids is 1.